The molecule has 5 nitrogen and oxygen atoms in total. The van der Waals surface area contributed by atoms with Crippen LogP contribution in [0.25, 0.3) is 11.4 Å². The van der Waals surface area contributed by atoms with E-state index in [0.29, 0.717) is 42.2 Å². The minimum Gasteiger partial charge on any atom is -0.341 e. The second kappa shape index (κ2) is 5.64. The minimum atomic E-state index is -0.324. The number of nitrogens with zero attached hydrogens (tertiary/aromatic N) is 3. The molecule has 1 amide bonds. The van der Waals surface area contributed by atoms with E-state index >= 15 is 0 Å². The van der Waals surface area contributed by atoms with Gasteiger partial charge in [-0.3, -0.25) is 4.79 Å². The molecule has 1 aromatic carbocycles. The average Bonchev–Trinajstić information content (AvgIpc) is 3.30. The van der Waals surface area contributed by atoms with Gasteiger partial charge in [0.25, 0.3) is 0 Å². The highest BCUT2D eigenvalue weighted by Crippen LogP contribution is 2.49. The Hall–Kier alpha value is -2.24. The molecule has 0 spiro atoms. The molecule has 25 heavy (non-hydrogen) atoms. The molecule has 2 aromatic rings. The van der Waals surface area contributed by atoms with Gasteiger partial charge in [0.05, 0.1) is 5.92 Å². The quantitative estimate of drug-likeness (QED) is 0.860. The monoisotopic (exact) mass is 341 g/mol. The Bertz CT molecular complexity index is 815. The summed E-state index contributed by atoms with van der Waals surface area (Å²) in [6.45, 7) is 1.30. The number of rotatable bonds is 3. The molecule has 2 heterocycles. The van der Waals surface area contributed by atoms with Crippen LogP contribution in [0.4, 0.5) is 4.39 Å². The third-order valence-corrected chi connectivity index (χ3v) is 6.12. The molecule has 2 bridgehead atoms. The van der Waals surface area contributed by atoms with Crippen LogP contribution < -0.4 is 0 Å². The lowest BCUT2D eigenvalue weighted by Crippen LogP contribution is -2.51. The first kappa shape index (κ1) is 15.0. The molecule has 1 aliphatic heterocycles. The molecule has 2 saturated carbocycles. The van der Waals surface area contributed by atoms with Crippen molar-refractivity contribution in [2.45, 2.75) is 31.6 Å². The number of hydrogen-bond donors (Lipinski definition) is 0. The van der Waals surface area contributed by atoms with Crippen molar-refractivity contribution in [3.63, 3.8) is 0 Å². The van der Waals surface area contributed by atoms with Gasteiger partial charge in [-0.05, 0) is 43.2 Å². The van der Waals surface area contributed by atoms with Crippen LogP contribution in [0.5, 0.6) is 0 Å². The number of benzene rings is 1. The van der Waals surface area contributed by atoms with Gasteiger partial charge in [-0.15, -0.1) is 0 Å². The summed E-state index contributed by atoms with van der Waals surface area (Å²) >= 11 is 0. The number of aromatic nitrogens is 2. The molecule has 5 rings (SSSR count). The van der Waals surface area contributed by atoms with Crippen LogP contribution >= 0.6 is 0 Å². The summed E-state index contributed by atoms with van der Waals surface area (Å²) in [6.07, 6.45) is 4.85. The lowest BCUT2D eigenvalue weighted by molar-refractivity contribution is -0.142. The van der Waals surface area contributed by atoms with Crippen LogP contribution in [0.15, 0.2) is 28.8 Å². The SMILES string of the molecule is O=C([C@@H]1CC2CCC1C2)N1CC(c2nc(-c3cccc(F)c3)no2)C1. The topological polar surface area (TPSA) is 59.2 Å². The molecule has 0 radical (unpaired) electrons. The predicted molar refractivity (Wildman–Crippen MR) is 88.0 cm³/mol. The Kier molecular flexibility index (Phi) is 3.40. The number of carbonyl (C=O) groups excluding carboxylic acids is 1. The fourth-order valence-corrected chi connectivity index (χ4v) is 4.74. The highest BCUT2D eigenvalue weighted by molar-refractivity contribution is 5.80. The Morgan fingerprint density at radius 1 is 1.24 bits per heavy atom. The molecule has 3 atom stereocenters. The number of fused-ring (bicyclic) bond motifs is 2. The van der Waals surface area contributed by atoms with Crippen LogP contribution in [-0.2, 0) is 4.79 Å². The number of hydrogen-bond acceptors (Lipinski definition) is 4. The smallest absolute Gasteiger partial charge is 0.233 e. The zero-order valence-corrected chi connectivity index (χ0v) is 13.9. The first-order valence-corrected chi connectivity index (χ1v) is 9.05. The van der Waals surface area contributed by atoms with Crippen LogP contribution in [0.2, 0.25) is 0 Å². The van der Waals surface area contributed by atoms with Crippen LogP contribution in [0, 0.1) is 23.6 Å². The zero-order chi connectivity index (χ0) is 17.0. The van der Waals surface area contributed by atoms with Crippen molar-refractivity contribution in [1.29, 1.82) is 0 Å². The highest BCUT2D eigenvalue weighted by atomic mass is 19.1. The standard InChI is InChI=1S/C19H20FN3O2/c20-15-3-1-2-13(8-15)17-21-18(25-22-17)14-9-23(10-14)19(24)16-7-11-4-5-12(16)6-11/h1-3,8,11-12,14,16H,4-7,9-10H2/t11?,12?,16-/m1/s1. The van der Waals surface area contributed by atoms with Gasteiger partial charge < -0.3 is 9.42 Å². The fourth-order valence-electron chi connectivity index (χ4n) is 4.74. The van der Waals surface area contributed by atoms with Gasteiger partial charge in [-0.25, -0.2) is 4.39 Å². The maximum atomic E-state index is 13.3. The lowest BCUT2D eigenvalue weighted by Gasteiger charge is -2.40. The van der Waals surface area contributed by atoms with Crippen molar-refractivity contribution in [3.8, 4) is 11.4 Å². The average molecular weight is 341 g/mol. The van der Waals surface area contributed by atoms with E-state index in [1.807, 2.05) is 4.90 Å². The molecule has 6 heteroatoms. The van der Waals surface area contributed by atoms with Gasteiger partial charge in [0.2, 0.25) is 17.6 Å². The van der Waals surface area contributed by atoms with E-state index in [1.165, 1.54) is 31.4 Å². The Morgan fingerprint density at radius 3 is 2.84 bits per heavy atom. The highest BCUT2D eigenvalue weighted by Gasteiger charge is 2.47. The van der Waals surface area contributed by atoms with Gasteiger partial charge >= 0.3 is 0 Å². The normalized spacial score (nSPS) is 28.4. The first-order valence-electron chi connectivity index (χ1n) is 9.05. The Labute approximate surface area is 145 Å². The van der Waals surface area contributed by atoms with E-state index in [4.69, 9.17) is 4.52 Å². The van der Waals surface area contributed by atoms with Crippen LogP contribution in [0.1, 0.15) is 37.5 Å². The number of amides is 1. The van der Waals surface area contributed by atoms with Gasteiger partial charge in [0.1, 0.15) is 5.82 Å². The maximum Gasteiger partial charge on any atom is 0.233 e. The van der Waals surface area contributed by atoms with Crippen molar-refractivity contribution < 1.29 is 13.7 Å². The van der Waals surface area contributed by atoms with Gasteiger partial charge in [0.15, 0.2) is 0 Å². The molecule has 0 N–H and O–H groups in total. The van der Waals surface area contributed by atoms with Crippen molar-refractivity contribution in [2.75, 3.05) is 13.1 Å². The Balaban J connectivity index is 1.23. The Morgan fingerprint density at radius 2 is 2.12 bits per heavy atom. The fraction of sp³-hybridized carbons (Fsp3) is 0.526. The van der Waals surface area contributed by atoms with Crippen molar-refractivity contribution in [1.82, 2.24) is 15.0 Å². The van der Waals surface area contributed by atoms with E-state index in [9.17, 15) is 9.18 Å². The summed E-state index contributed by atoms with van der Waals surface area (Å²) in [5.41, 5.74) is 0.601. The second-order valence-corrected chi connectivity index (χ2v) is 7.69. The number of carbonyl (C=O) groups is 1. The lowest BCUT2D eigenvalue weighted by atomic mass is 9.86. The zero-order valence-electron chi connectivity index (χ0n) is 13.9. The van der Waals surface area contributed by atoms with Gasteiger partial charge in [-0.2, -0.15) is 4.98 Å². The molecular formula is C19H20FN3O2. The minimum absolute atomic E-state index is 0.0948. The predicted octanol–water partition coefficient (Wildman–Crippen LogP) is 3.24. The second-order valence-electron chi connectivity index (χ2n) is 7.69. The van der Waals surface area contributed by atoms with Crippen molar-refractivity contribution in [2.24, 2.45) is 17.8 Å². The van der Waals surface area contributed by atoms with E-state index in [-0.39, 0.29) is 17.7 Å². The van der Waals surface area contributed by atoms with E-state index in [1.54, 1.807) is 12.1 Å². The van der Waals surface area contributed by atoms with E-state index in [2.05, 4.69) is 10.1 Å². The summed E-state index contributed by atoms with van der Waals surface area (Å²) in [6, 6.07) is 6.15. The molecular weight excluding hydrogens is 321 g/mol. The number of likely N-dealkylation sites (tertiary alicyclic amines) is 1. The molecule has 1 aromatic heterocycles. The largest absolute Gasteiger partial charge is 0.341 e. The maximum absolute atomic E-state index is 13.3. The van der Waals surface area contributed by atoms with E-state index < -0.39 is 0 Å². The summed E-state index contributed by atoms with van der Waals surface area (Å²) in [7, 11) is 0. The molecule has 130 valence electrons. The third kappa shape index (κ3) is 2.55. The third-order valence-electron chi connectivity index (χ3n) is 6.12. The summed E-state index contributed by atoms with van der Waals surface area (Å²) in [5, 5.41) is 3.95. The summed E-state index contributed by atoms with van der Waals surface area (Å²) in [4.78, 5) is 19.0. The van der Waals surface area contributed by atoms with Crippen molar-refractivity contribution in [3.05, 3.63) is 36.0 Å². The number of halogens is 1. The first-order chi connectivity index (χ1) is 12.2. The molecule has 2 aliphatic carbocycles. The molecule has 3 aliphatic rings. The molecule has 3 fully saturated rings. The van der Waals surface area contributed by atoms with Gasteiger partial charge in [-0.1, -0.05) is 23.7 Å². The van der Waals surface area contributed by atoms with Crippen LogP contribution in [0.3, 0.4) is 0 Å². The molecule has 1 saturated heterocycles. The van der Waals surface area contributed by atoms with Crippen molar-refractivity contribution >= 4 is 5.91 Å². The summed E-state index contributed by atoms with van der Waals surface area (Å²) < 4.78 is 18.7. The van der Waals surface area contributed by atoms with Crippen LogP contribution in [-0.4, -0.2) is 34.0 Å². The van der Waals surface area contributed by atoms with E-state index in [0.717, 1.165) is 12.3 Å². The van der Waals surface area contributed by atoms with Gasteiger partial charge in [0, 0.05) is 24.6 Å². The molecule has 2 unspecified atom stereocenters. The summed E-state index contributed by atoms with van der Waals surface area (Å²) in [5.74, 6) is 2.65.